The van der Waals surface area contributed by atoms with E-state index in [9.17, 15) is 9.59 Å². The van der Waals surface area contributed by atoms with Crippen molar-refractivity contribution in [2.24, 2.45) is 10.8 Å². The van der Waals surface area contributed by atoms with Crippen molar-refractivity contribution in [1.29, 1.82) is 0 Å². The molecule has 0 radical (unpaired) electrons. The Morgan fingerprint density at radius 3 is 2.26 bits per heavy atom. The number of carbonyl (C=O) groups is 2. The van der Waals surface area contributed by atoms with Crippen molar-refractivity contribution in [3.63, 3.8) is 0 Å². The number of Topliss-reactive ketones (excluding diaryl/α,β-unsaturated/α-hetero) is 2. The van der Waals surface area contributed by atoms with Crippen LogP contribution in [0.5, 0.6) is 0 Å². The maximum Gasteiger partial charge on any atom is 0.216 e. The van der Waals surface area contributed by atoms with Gasteiger partial charge in [-0.15, -0.1) is 0 Å². The lowest BCUT2D eigenvalue weighted by atomic mass is 9.61. The van der Waals surface area contributed by atoms with Crippen LogP contribution >= 0.6 is 0 Å². The molecular formula is C18H23BrN2O2. The van der Waals surface area contributed by atoms with Crippen molar-refractivity contribution in [2.75, 3.05) is 39.4 Å². The van der Waals surface area contributed by atoms with Crippen LogP contribution in [0.2, 0.25) is 0 Å². The van der Waals surface area contributed by atoms with Gasteiger partial charge in [0, 0.05) is 18.7 Å². The Morgan fingerprint density at radius 2 is 1.70 bits per heavy atom. The summed E-state index contributed by atoms with van der Waals surface area (Å²) in [5.41, 5.74) is 0.231. The first-order valence-electron chi connectivity index (χ1n) is 8.05. The van der Waals surface area contributed by atoms with Crippen molar-refractivity contribution in [3.05, 3.63) is 35.9 Å². The zero-order valence-corrected chi connectivity index (χ0v) is 15.3. The monoisotopic (exact) mass is 378 g/mol. The minimum Gasteiger partial charge on any atom is -1.00 e. The summed E-state index contributed by atoms with van der Waals surface area (Å²) in [6.07, 6.45) is 0. The van der Waals surface area contributed by atoms with Crippen LogP contribution in [0.3, 0.4) is 0 Å². The normalized spacial score (nSPS) is 40.8. The van der Waals surface area contributed by atoms with Gasteiger partial charge in [0.25, 0.3) is 0 Å². The molecule has 4 nitrogen and oxygen atoms in total. The highest BCUT2D eigenvalue weighted by atomic mass is 79.9. The lowest BCUT2D eigenvalue weighted by Gasteiger charge is -2.64. The van der Waals surface area contributed by atoms with Crippen LogP contribution in [0, 0.1) is 10.8 Å². The molecule has 5 rings (SSSR count). The van der Waals surface area contributed by atoms with E-state index in [-0.39, 0.29) is 33.6 Å². The summed E-state index contributed by atoms with van der Waals surface area (Å²) >= 11 is 0. The van der Waals surface area contributed by atoms with Crippen LogP contribution in [0.1, 0.15) is 24.2 Å². The molecule has 4 bridgehead atoms. The van der Waals surface area contributed by atoms with Gasteiger partial charge in [0.05, 0.1) is 23.9 Å². The molecule has 4 fully saturated rings. The summed E-state index contributed by atoms with van der Waals surface area (Å²) in [5.74, 6) is 0.611. The number of hydrogen-bond acceptors (Lipinski definition) is 3. The Hall–Kier alpha value is -1.04. The molecule has 4 aliphatic rings. The fourth-order valence-electron chi connectivity index (χ4n) is 5.50. The SMILES string of the molecule is CC12CN3CC(C)(C[N+](CC(=O)c4ccccc4)(C3)C1)C2=O.[Br-]. The van der Waals surface area contributed by atoms with E-state index < -0.39 is 0 Å². The summed E-state index contributed by atoms with van der Waals surface area (Å²) in [7, 11) is 0. The van der Waals surface area contributed by atoms with Crippen molar-refractivity contribution < 1.29 is 31.1 Å². The number of hydrogen-bond donors (Lipinski definition) is 0. The lowest BCUT2D eigenvalue weighted by Crippen LogP contribution is -3.00. The molecule has 4 heterocycles. The Labute approximate surface area is 147 Å². The summed E-state index contributed by atoms with van der Waals surface area (Å²) < 4.78 is 0.756. The van der Waals surface area contributed by atoms with Crippen LogP contribution in [-0.2, 0) is 4.79 Å². The molecule has 0 aromatic heterocycles. The first kappa shape index (κ1) is 16.8. The Balaban J connectivity index is 0.00000156. The fourth-order valence-corrected chi connectivity index (χ4v) is 5.50. The maximum absolute atomic E-state index is 12.8. The van der Waals surface area contributed by atoms with E-state index in [0.29, 0.717) is 12.3 Å². The van der Waals surface area contributed by atoms with E-state index >= 15 is 0 Å². The van der Waals surface area contributed by atoms with E-state index in [1.807, 2.05) is 30.3 Å². The molecule has 0 saturated carbocycles. The number of halogens is 1. The second-order valence-electron chi connectivity index (χ2n) is 8.18. The fraction of sp³-hybridized carbons (Fsp3) is 0.556. The molecule has 4 aliphatic heterocycles. The average Bonchev–Trinajstić information content (AvgIpc) is 2.44. The minimum atomic E-state index is -0.277. The van der Waals surface area contributed by atoms with Gasteiger partial charge < -0.3 is 21.5 Å². The van der Waals surface area contributed by atoms with E-state index in [1.54, 1.807) is 0 Å². The van der Waals surface area contributed by atoms with Crippen LogP contribution in [-0.4, -0.2) is 60.3 Å². The third kappa shape index (κ3) is 2.49. The molecule has 2 unspecified atom stereocenters. The largest absolute Gasteiger partial charge is 1.00 e. The molecular weight excluding hydrogens is 356 g/mol. The van der Waals surface area contributed by atoms with E-state index in [4.69, 9.17) is 0 Å². The minimum absolute atomic E-state index is 0. The van der Waals surface area contributed by atoms with Gasteiger partial charge in [-0.25, -0.2) is 0 Å². The topological polar surface area (TPSA) is 37.4 Å². The first-order valence-corrected chi connectivity index (χ1v) is 8.05. The number of ketones is 2. The van der Waals surface area contributed by atoms with Gasteiger partial charge in [0.15, 0.2) is 5.78 Å². The molecule has 0 spiro atoms. The van der Waals surface area contributed by atoms with Crippen molar-refractivity contribution >= 4 is 11.6 Å². The highest BCUT2D eigenvalue weighted by Gasteiger charge is 2.66. The first-order chi connectivity index (χ1) is 10.3. The van der Waals surface area contributed by atoms with E-state index in [2.05, 4.69) is 18.7 Å². The Morgan fingerprint density at radius 1 is 1.13 bits per heavy atom. The van der Waals surface area contributed by atoms with E-state index in [0.717, 1.165) is 42.9 Å². The van der Waals surface area contributed by atoms with Gasteiger partial charge in [-0.2, -0.15) is 0 Å². The van der Waals surface area contributed by atoms with Crippen molar-refractivity contribution in [2.45, 2.75) is 13.8 Å². The molecule has 1 aromatic carbocycles. The predicted molar refractivity (Wildman–Crippen MR) is 83.3 cm³/mol. The van der Waals surface area contributed by atoms with E-state index in [1.165, 1.54) is 0 Å². The smallest absolute Gasteiger partial charge is 0.216 e. The van der Waals surface area contributed by atoms with Gasteiger partial charge in [0.1, 0.15) is 13.2 Å². The lowest BCUT2D eigenvalue weighted by molar-refractivity contribution is -0.956. The van der Waals surface area contributed by atoms with Gasteiger partial charge in [0.2, 0.25) is 5.78 Å². The van der Waals surface area contributed by atoms with Gasteiger partial charge >= 0.3 is 0 Å². The summed E-state index contributed by atoms with van der Waals surface area (Å²) in [6, 6.07) is 9.54. The second kappa shape index (κ2) is 5.23. The summed E-state index contributed by atoms with van der Waals surface area (Å²) in [6.45, 7) is 8.97. The summed E-state index contributed by atoms with van der Waals surface area (Å²) in [4.78, 5) is 27.9. The predicted octanol–water partition coefficient (Wildman–Crippen LogP) is -1.43. The van der Waals surface area contributed by atoms with Crippen LogP contribution in [0.15, 0.2) is 30.3 Å². The van der Waals surface area contributed by atoms with Gasteiger partial charge in [-0.3, -0.25) is 14.5 Å². The average molecular weight is 379 g/mol. The molecule has 0 N–H and O–H groups in total. The standard InChI is InChI=1S/C18H23N2O2.BrH/c1-17-9-19-10-18(2,16(17)22)12-20(11-17,13-19)8-15(21)14-6-4-3-5-7-14;/h3-7H,8-13H2,1-2H3;1H/q+1;/p-1. The maximum atomic E-state index is 12.8. The van der Waals surface area contributed by atoms with Crippen LogP contribution in [0.25, 0.3) is 0 Å². The quantitative estimate of drug-likeness (QED) is 0.478. The molecule has 0 amide bonds. The van der Waals surface area contributed by atoms with Crippen molar-refractivity contribution in [1.82, 2.24) is 4.90 Å². The highest BCUT2D eigenvalue weighted by Crippen LogP contribution is 2.49. The molecule has 1 aromatic rings. The molecule has 2 atom stereocenters. The number of carbonyl (C=O) groups excluding carboxylic acids is 2. The molecule has 0 aliphatic carbocycles. The summed E-state index contributed by atoms with van der Waals surface area (Å²) in [5, 5.41) is 0. The van der Waals surface area contributed by atoms with Gasteiger partial charge in [-0.1, -0.05) is 30.3 Å². The van der Waals surface area contributed by atoms with Crippen molar-refractivity contribution in [3.8, 4) is 0 Å². The molecule has 5 heteroatoms. The molecule has 23 heavy (non-hydrogen) atoms. The zero-order valence-electron chi connectivity index (χ0n) is 13.7. The Bertz CT molecular complexity index is 638. The second-order valence-corrected chi connectivity index (χ2v) is 8.18. The third-order valence-electron chi connectivity index (χ3n) is 5.69. The van der Waals surface area contributed by atoms with Crippen LogP contribution in [0.4, 0.5) is 0 Å². The zero-order chi connectivity index (χ0) is 15.6. The Kier molecular flexibility index (Phi) is 3.82. The number of rotatable bonds is 3. The third-order valence-corrected chi connectivity index (χ3v) is 5.69. The number of nitrogens with zero attached hydrogens (tertiary/aromatic N) is 2. The van der Waals surface area contributed by atoms with Crippen LogP contribution < -0.4 is 17.0 Å². The molecule has 124 valence electrons. The highest BCUT2D eigenvalue weighted by molar-refractivity contribution is 5.97. The number of piperidine rings is 2. The van der Waals surface area contributed by atoms with Gasteiger partial charge in [-0.05, 0) is 13.8 Å². The number of quaternary nitrogens is 1. The molecule has 4 saturated heterocycles. The number of benzene rings is 1.